The first-order valence-electron chi connectivity index (χ1n) is 10.8. The topological polar surface area (TPSA) is 54.4 Å². The molecule has 0 radical (unpaired) electrons. The van der Waals surface area contributed by atoms with E-state index in [4.69, 9.17) is 4.55 Å². The van der Waals surface area contributed by atoms with Crippen LogP contribution in [0.5, 0.6) is 0 Å². The first-order chi connectivity index (χ1) is 17.7. The number of hydrogen-bond donors (Lipinski definition) is 2. The Morgan fingerprint density at radius 3 is 1.32 bits per heavy atom. The van der Waals surface area contributed by atoms with Crippen LogP contribution in [0.1, 0.15) is 33.7 Å². The quantitative estimate of drug-likeness (QED) is 0.113. The minimum atomic E-state index is -5.17. The van der Waals surface area contributed by atoms with Crippen molar-refractivity contribution in [1.82, 2.24) is 0 Å². The van der Waals surface area contributed by atoms with E-state index in [-0.39, 0.29) is 24.1 Å². The predicted molar refractivity (Wildman–Crippen MR) is 134 cm³/mol. The van der Waals surface area contributed by atoms with Crippen LogP contribution in [-0.4, -0.2) is 13.0 Å². The second-order valence-electron chi connectivity index (χ2n) is 8.06. The maximum Gasteiger partial charge on any atom is 0.416 e. The van der Waals surface area contributed by atoms with E-state index in [0.29, 0.717) is 0 Å². The van der Waals surface area contributed by atoms with Crippen LogP contribution in [0, 0.1) is 0 Å². The van der Waals surface area contributed by atoms with Gasteiger partial charge in [0.2, 0.25) is 0 Å². The summed E-state index contributed by atoms with van der Waals surface area (Å²) in [4.78, 5) is -0.474. The summed E-state index contributed by atoms with van der Waals surface area (Å²) in [6.07, 6.45) is -10.3. The Labute approximate surface area is 220 Å². The van der Waals surface area contributed by atoms with E-state index in [2.05, 4.69) is 97.6 Å². The van der Waals surface area contributed by atoms with Crippen molar-refractivity contribution >= 4 is 22.7 Å². The summed E-state index contributed by atoms with van der Waals surface area (Å²) >= 11 is 4.37. The van der Waals surface area contributed by atoms with Crippen LogP contribution in [0.15, 0.2) is 113 Å². The van der Waals surface area contributed by atoms with Gasteiger partial charge >= 0.3 is 12.4 Å². The van der Waals surface area contributed by atoms with Crippen LogP contribution in [0.2, 0.25) is 0 Å². The van der Waals surface area contributed by atoms with Crippen LogP contribution in [0.25, 0.3) is 0 Å². The molecule has 3 nitrogen and oxygen atoms in total. The van der Waals surface area contributed by atoms with Crippen molar-refractivity contribution in [3.8, 4) is 0 Å². The summed E-state index contributed by atoms with van der Waals surface area (Å²) in [5.74, 6) is 0.270. The van der Waals surface area contributed by atoms with Crippen LogP contribution >= 0.6 is 12.6 Å². The first-order valence-corrected chi connectivity index (χ1v) is 12.7. The maximum atomic E-state index is 12.3. The smallest absolute Gasteiger partial charge is 0.282 e. The minimum absolute atomic E-state index is 0.0788. The molecule has 1 N–H and O–H groups in total. The standard InChI is InChI=1S/C19H16S.C8H4F6O3S/c20-18-13-11-17(12-14-18)19(15-7-3-1-4-8-15)16-9-5-2-6-10-16;9-7(10,11)4-1-5(8(12,13)14)3-6(2-4)18(15,16)17/h1-14,19-20H;1-3H,(H,15,16,17). The van der Waals surface area contributed by atoms with E-state index in [1.54, 1.807) is 0 Å². The molecule has 0 aliphatic heterocycles. The van der Waals surface area contributed by atoms with E-state index < -0.39 is 38.5 Å². The van der Waals surface area contributed by atoms with Crippen molar-refractivity contribution in [2.75, 3.05) is 0 Å². The Balaban J connectivity index is 0.000000212. The molecule has 200 valence electrons. The molecule has 4 aromatic rings. The molecule has 0 amide bonds. The number of hydrogen-bond acceptors (Lipinski definition) is 3. The minimum Gasteiger partial charge on any atom is -0.282 e. The lowest BCUT2D eigenvalue weighted by atomic mass is 9.85. The summed E-state index contributed by atoms with van der Waals surface area (Å²) in [7, 11) is -5.17. The number of alkyl halides is 6. The molecule has 0 unspecified atom stereocenters. The van der Waals surface area contributed by atoms with Gasteiger partial charge in [0.25, 0.3) is 10.1 Å². The van der Waals surface area contributed by atoms with Gasteiger partial charge in [0.15, 0.2) is 0 Å². The van der Waals surface area contributed by atoms with Gasteiger partial charge in [-0.25, -0.2) is 0 Å². The van der Waals surface area contributed by atoms with Gasteiger partial charge in [0.1, 0.15) is 0 Å². The molecule has 4 aromatic carbocycles. The Kier molecular flexibility index (Phi) is 8.96. The monoisotopic (exact) mass is 570 g/mol. The molecule has 0 bridgehead atoms. The third-order valence-corrected chi connectivity index (χ3v) is 6.48. The molecule has 0 heterocycles. The normalized spacial score (nSPS) is 12.1. The van der Waals surface area contributed by atoms with Gasteiger partial charge in [-0.15, -0.1) is 12.6 Å². The summed E-state index contributed by atoms with van der Waals surface area (Å²) in [5.41, 5.74) is 0.284. The zero-order valence-corrected chi connectivity index (χ0v) is 21.0. The third-order valence-electron chi connectivity index (χ3n) is 5.35. The highest BCUT2D eigenvalue weighted by molar-refractivity contribution is 7.85. The number of benzene rings is 4. The van der Waals surface area contributed by atoms with E-state index in [0.717, 1.165) is 4.90 Å². The molecule has 0 aliphatic rings. The van der Waals surface area contributed by atoms with Gasteiger partial charge < -0.3 is 0 Å². The molecule has 0 aromatic heterocycles. The van der Waals surface area contributed by atoms with Crippen LogP contribution < -0.4 is 0 Å². The van der Waals surface area contributed by atoms with Crippen molar-refractivity contribution in [2.24, 2.45) is 0 Å². The van der Waals surface area contributed by atoms with Crippen molar-refractivity contribution in [2.45, 2.75) is 28.1 Å². The van der Waals surface area contributed by atoms with Gasteiger partial charge in [0.05, 0.1) is 16.0 Å². The molecule has 4 rings (SSSR count). The van der Waals surface area contributed by atoms with E-state index in [9.17, 15) is 34.8 Å². The molecular formula is C27H20F6O3S2. The first kappa shape index (κ1) is 29.3. The third kappa shape index (κ3) is 7.86. The fourth-order valence-electron chi connectivity index (χ4n) is 3.61. The summed E-state index contributed by atoms with van der Waals surface area (Å²) in [6, 6.07) is 29.3. The van der Waals surface area contributed by atoms with Gasteiger partial charge in [-0.3, -0.25) is 4.55 Å². The second-order valence-corrected chi connectivity index (χ2v) is 10.0. The highest BCUT2D eigenvalue weighted by Crippen LogP contribution is 2.37. The van der Waals surface area contributed by atoms with Crippen molar-refractivity contribution in [3.05, 3.63) is 131 Å². The maximum absolute atomic E-state index is 12.3. The van der Waals surface area contributed by atoms with Crippen molar-refractivity contribution in [1.29, 1.82) is 0 Å². The molecule has 38 heavy (non-hydrogen) atoms. The molecule has 0 saturated carbocycles. The van der Waals surface area contributed by atoms with E-state index in [1.807, 2.05) is 0 Å². The van der Waals surface area contributed by atoms with Crippen molar-refractivity contribution in [3.63, 3.8) is 0 Å². The molecule has 0 aliphatic carbocycles. The predicted octanol–water partition coefficient (Wildman–Crippen LogP) is 8.13. The number of thiol groups is 1. The Morgan fingerprint density at radius 1 is 0.605 bits per heavy atom. The number of rotatable bonds is 4. The van der Waals surface area contributed by atoms with Crippen molar-refractivity contribution < 1.29 is 39.3 Å². The van der Waals surface area contributed by atoms with Gasteiger partial charge in [-0.2, -0.15) is 34.8 Å². The Hall–Kier alpha value is -3.28. The number of halogens is 6. The summed E-state index contributed by atoms with van der Waals surface area (Å²) in [5, 5.41) is 0. The lowest BCUT2D eigenvalue weighted by molar-refractivity contribution is -0.143. The Bertz CT molecular complexity index is 1380. The second kappa shape index (κ2) is 11.6. The zero-order chi connectivity index (χ0) is 28.1. The molecular weight excluding hydrogens is 550 g/mol. The molecule has 0 atom stereocenters. The highest BCUT2D eigenvalue weighted by atomic mass is 32.2. The van der Waals surface area contributed by atoms with Crippen LogP contribution in [0.4, 0.5) is 26.3 Å². The van der Waals surface area contributed by atoms with Crippen LogP contribution in [0.3, 0.4) is 0 Å². The van der Waals surface area contributed by atoms with E-state index >= 15 is 0 Å². The lowest BCUT2D eigenvalue weighted by Gasteiger charge is -2.19. The fraction of sp³-hybridized carbons (Fsp3) is 0.111. The fourth-order valence-corrected chi connectivity index (χ4v) is 4.31. The summed E-state index contributed by atoms with van der Waals surface area (Å²) in [6.45, 7) is 0. The van der Waals surface area contributed by atoms with Gasteiger partial charge in [-0.1, -0.05) is 72.8 Å². The molecule has 0 saturated heterocycles. The summed E-state index contributed by atoms with van der Waals surface area (Å²) < 4.78 is 103. The average Bonchev–Trinajstić information content (AvgIpc) is 2.85. The average molecular weight is 571 g/mol. The van der Waals surface area contributed by atoms with E-state index in [1.165, 1.54) is 16.7 Å². The zero-order valence-electron chi connectivity index (χ0n) is 19.3. The molecule has 0 spiro atoms. The molecule has 0 fully saturated rings. The SMILES string of the molecule is O=S(=O)(O)c1cc(C(F)(F)F)cc(C(F)(F)F)c1.Sc1ccc(C(c2ccccc2)c2ccccc2)cc1. The Morgan fingerprint density at radius 2 is 0.974 bits per heavy atom. The van der Waals surface area contributed by atoms with Gasteiger partial charge in [-0.05, 0) is 47.0 Å². The largest absolute Gasteiger partial charge is 0.416 e. The highest BCUT2D eigenvalue weighted by Gasteiger charge is 2.38. The van der Waals surface area contributed by atoms with Gasteiger partial charge in [0, 0.05) is 10.8 Å². The van der Waals surface area contributed by atoms with Crippen LogP contribution in [-0.2, 0) is 22.5 Å². The lowest BCUT2D eigenvalue weighted by Crippen LogP contribution is -2.13. The molecule has 11 heteroatoms.